The van der Waals surface area contributed by atoms with Crippen LogP contribution in [0.3, 0.4) is 0 Å². The number of para-hydroxylation sites is 2. The van der Waals surface area contributed by atoms with E-state index in [2.05, 4.69) is 4.98 Å². The van der Waals surface area contributed by atoms with Gasteiger partial charge in [0.15, 0.2) is 11.9 Å². The molecule has 5 nitrogen and oxygen atoms in total. The summed E-state index contributed by atoms with van der Waals surface area (Å²) >= 11 is 0. The van der Waals surface area contributed by atoms with E-state index in [0.29, 0.717) is 29.0 Å². The summed E-state index contributed by atoms with van der Waals surface area (Å²) in [6, 6.07) is 13.0. The maximum atomic E-state index is 13.5. The molecule has 3 rings (SSSR count). The number of aromatic nitrogens is 2. The molecule has 2 aromatic carbocycles. The smallest absolute Gasteiger partial charge is 0.338 e. The molecule has 0 saturated carbocycles. The van der Waals surface area contributed by atoms with Crippen LogP contribution in [0.4, 0.5) is 8.78 Å². The molecule has 0 radical (unpaired) electrons. The first-order chi connectivity index (χ1) is 12.5. The minimum Gasteiger partial charge on any atom is -0.494 e. The van der Waals surface area contributed by atoms with Crippen LogP contribution in [-0.4, -0.2) is 22.1 Å². The van der Waals surface area contributed by atoms with E-state index in [9.17, 15) is 13.6 Å². The van der Waals surface area contributed by atoms with Crippen molar-refractivity contribution in [2.75, 3.05) is 6.61 Å². The Bertz CT molecular complexity index is 907. The molecule has 0 amide bonds. The number of carbonyl (C=O) groups excluding carboxylic acids is 1. The van der Waals surface area contributed by atoms with Gasteiger partial charge in [-0.05, 0) is 50.2 Å². The van der Waals surface area contributed by atoms with E-state index in [-0.39, 0.29) is 5.82 Å². The Kier molecular flexibility index (Phi) is 5.16. The lowest BCUT2D eigenvalue weighted by atomic mass is 10.2. The fourth-order valence-corrected chi connectivity index (χ4v) is 2.69. The van der Waals surface area contributed by atoms with Gasteiger partial charge in [0, 0.05) is 0 Å². The molecule has 0 fully saturated rings. The van der Waals surface area contributed by atoms with Crippen molar-refractivity contribution in [3.05, 3.63) is 59.9 Å². The highest BCUT2D eigenvalue weighted by molar-refractivity contribution is 5.89. The molecule has 1 aromatic heterocycles. The van der Waals surface area contributed by atoms with Crippen molar-refractivity contribution in [3.8, 4) is 5.75 Å². The minimum absolute atomic E-state index is 0.000450. The number of benzene rings is 2. The van der Waals surface area contributed by atoms with Crippen LogP contribution in [0.1, 0.15) is 42.7 Å². The first-order valence-corrected chi connectivity index (χ1v) is 8.20. The fraction of sp³-hybridized carbons (Fsp3) is 0.263. The van der Waals surface area contributed by atoms with Gasteiger partial charge < -0.3 is 9.47 Å². The van der Waals surface area contributed by atoms with Crippen LogP contribution in [0.5, 0.6) is 5.75 Å². The van der Waals surface area contributed by atoms with E-state index < -0.39 is 18.6 Å². The number of hydrogen-bond acceptors (Lipinski definition) is 4. The molecule has 0 bridgehead atoms. The molecule has 0 aliphatic heterocycles. The zero-order valence-electron chi connectivity index (χ0n) is 14.4. The summed E-state index contributed by atoms with van der Waals surface area (Å²) in [5.41, 5.74) is 1.02. The van der Waals surface area contributed by atoms with Crippen molar-refractivity contribution in [2.45, 2.75) is 26.5 Å². The summed E-state index contributed by atoms with van der Waals surface area (Å²) in [7, 11) is 0. The fourth-order valence-electron chi connectivity index (χ4n) is 2.69. The average Bonchev–Trinajstić information content (AvgIpc) is 3.02. The van der Waals surface area contributed by atoms with Gasteiger partial charge in [-0.15, -0.1) is 0 Å². The van der Waals surface area contributed by atoms with E-state index in [1.807, 2.05) is 6.92 Å². The number of fused-ring (bicyclic) bond motifs is 1. The summed E-state index contributed by atoms with van der Waals surface area (Å²) in [6.07, 6.45) is -0.935. The second-order valence-corrected chi connectivity index (χ2v) is 5.61. The molecule has 7 heteroatoms. The summed E-state index contributed by atoms with van der Waals surface area (Å²) in [5.74, 6) is 0.0190. The maximum Gasteiger partial charge on any atom is 0.338 e. The third-order valence-electron chi connectivity index (χ3n) is 3.87. The Morgan fingerprint density at radius 3 is 2.50 bits per heavy atom. The molecular formula is C19H18F2N2O3. The predicted octanol–water partition coefficient (Wildman–Crippen LogP) is 4.75. The second-order valence-electron chi connectivity index (χ2n) is 5.61. The van der Waals surface area contributed by atoms with Crippen molar-refractivity contribution in [3.63, 3.8) is 0 Å². The van der Waals surface area contributed by atoms with Crippen LogP contribution in [-0.2, 0) is 4.74 Å². The molecule has 0 spiro atoms. The van der Waals surface area contributed by atoms with Gasteiger partial charge in [0.05, 0.1) is 23.2 Å². The van der Waals surface area contributed by atoms with Crippen LogP contribution in [0.15, 0.2) is 48.5 Å². The lowest BCUT2D eigenvalue weighted by Gasteiger charge is -2.15. The highest BCUT2D eigenvalue weighted by Gasteiger charge is 2.24. The Morgan fingerprint density at radius 2 is 1.85 bits per heavy atom. The first kappa shape index (κ1) is 17.8. The normalized spacial score (nSPS) is 12.3. The molecule has 0 N–H and O–H groups in total. The quantitative estimate of drug-likeness (QED) is 0.596. The van der Waals surface area contributed by atoms with Gasteiger partial charge in [-0.2, -0.15) is 8.78 Å². The van der Waals surface area contributed by atoms with Crippen molar-refractivity contribution >= 4 is 17.0 Å². The molecule has 1 heterocycles. The molecule has 0 saturated heterocycles. The monoisotopic (exact) mass is 360 g/mol. The van der Waals surface area contributed by atoms with Gasteiger partial charge in [0.25, 0.3) is 0 Å². The van der Waals surface area contributed by atoms with Crippen molar-refractivity contribution in [1.29, 1.82) is 0 Å². The van der Waals surface area contributed by atoms with Crippen molar-refractivity contribution in [1.82, 2.24) is 9.55 Å². The zero-order valence-corrected chi connectivity index (χ0v) is 14.4. The number of hydrogen-bond donors (Lipinski definition) is 0. The van der Waals surface area contributed by atoms with Crippen LogP contribution in [0.25, 0.3) is 11.0 Å². The first-order valence-electron chi connectivity index (χ1n) is 8.20. The molecule has 0 aliphatic rings. The number of imidazole rings is 1. The van der Waals surface area contributed by atoms with Crippen molar-refractivity contribution in [2.24, 2.45) is 0 Å². The molecule has 136 valence electrons. The standard InChI is InChI=1S/C19H18F2N2O3/c1-3-25-14-10-8-13(9-11-14)18(24)26-12(2)17-22-15-6-4-5-7-16(15)23(17)19(20)21/h4-12,19H,3H2,1-2H3. The van der Waals surface area contributed by atoms with Crippen LogP contribution >= 0.6 is 0 Å². The van der Waals surface area contributed by atoms with Crippen LogP contribution in [0.2, 0.25) is 0 Å². The average molecular weight is 360 g/mol. The molecular weight excluding hydrogens is 342 g/mol. The number of ether oxygens (including phenoxy) is 2. The molecule has 0 aliphatic carbocycles. The van der Waals surface area contributed by atoms with E-state index >= 15 is 0 Å². The second kappa shape index (κ2) is 7.51. The van der Waals surface area contributed by atoms with E-state index in [0.717, 1.165) is 4.57 Å². The topological polar surface area (TPSA) is 53.4 Å². The zero-order chi connectivity index (χ0) is 18.7. The van der Waals surface area contributed by atoms with Gasteiger partial charge in [-0.3, -0.25) is 4.57 Å². The Hall–Kier alpha value is -2.96. The summed E-state index contributed by atoms with van der Waals surface area (Å²) in [4.78, 5) is 16.5. The molecule has 1 unspecified atom stereocenters. The van der Waals surface area contributed by atoms with E-state index in [4.69, 9.17) is 9.47 Å². The Labute approximate surface area is 149 Å². The third kappa shape index (κ3) is 3.51. The number of rotatable bonds is 6. The minimum atomic E-state index is -2.79. The van der Waals surface area contributed by atoms with Crippen LogP contribution < -0.4 is 4.74 Å². The lowest BCUT2D eigenvalue weighted by molar-refractivity contribution is 0.0233. The van der Waals surface area contributed by atoms with Gasteiger partial charge >= 0.3 is 12.5 Å². The maximum absolute atomic E-state index is 13.5. The van der Waals surface area contributed by atoms with Gasteiger partial charge in [-0.25, -0.2) is 9.78 Å². The third-order valence-corrected chi connectivity index (χ3v) is 3.87. The summed E-state index contributed by atoms with van der Waals surface area (Å²) < 4.78 is 38.4. The number of halogens is 2. The summed E-state index contributed by atoms with van der Waals surface area (Å²) in [5, 5.41) is 0. The molecule has 1 atom stereocenters. The number of nitrogens with zero attached hydrogens (tertiary/aromatic N) is 2. The van der Waals surface area contributed by atoms with Gasteiger partial charge in [-0.1, -0.05) is 12.1 Å². The van der Waals surface area contributed by atoms with E-state index in [1.54, 1.807) is 48.5 Å². The lowest BCUT2D eigenvalue weighted by Crippen LogP contribution is -2.14. The number of alkyl halides is 2. The van der Waals surface area contributed by atoms with Gasteiger partial charge in [0.2, 0.25) is 0 Å². The van der Waals surface area contributed by atoms with Crippen molar-refractivity contribution < 1.29 is 23.0 Å². The van der Waals surface area contributed by atoms with Crippen LogP contribution in [0, 0.1) is 0 Å². The van der Waals surface area contributed by atoms with E-state index in [1.165, 1.54) is 6.92 Å². The SMILES string of the molecule is CCOc1ccc(C(=O)OC(C)c2nc3ccccc3n2C(F)F)cc1. The Morgan fingerprint density at radius 1 is 1.15 bits per heavy atom. The summed E-state index contributed by atoms with van der Waals surface area (Å²) in [6.45, 7) is 1.11. The Balaban J connectivity index is 1.83. The van der Waals surface area contributed by atoms with Gasteiger partial charge in [0.1, 0.15) is 5.75 Å². The highest BCUT2D eigenvalue weighted by Crippen LogP contribution is 2.28. The molecule has 3 aromatic rings. The largest absolute Gasteiger partial charge is 0.494 e. The number of carbonyl (C=O) groups is 1. The predicted molar refractivity (Wildman–Crippen MR) is 92.4 cm³/mol. The highest BCUT2D eigenvalue weighted by atomic mass is 19.3. The number of esters is 1. The molecule has 26 heavy (non-hydrogen) atoms.